The zero-order chi connectivity index (χ0) is 14.4. The van der Waals surface area contributed by atoms with Gasteiger partial charge in [-0.1, -0.05) is 42.5 Å². The Morgan fingerprint density at radius 2 is 1.65 bits per heavy atom. The summed E-state index contributed by atoms with van der Waals surface area (Å²) in [5.41, 5.74) is 7.65. The number of benzene rings is 2. The molecule has 4 heteroatoms. The van der Waals surface area contributed by atoms with Crippen LogP contribution in [0.1, 0.15) is 11.1 Å². The molecule has 3 N–H and O–H groups in total. The molecular formula is C16H19N3O. The zero-order valence-electron chi connectivity index (χ0n) is 11.5. The minimum Gasteiger partial charge on any atom is -0.489 e. The van der Waals surface area contributed by atoms with Gasteiger partial charge < -0.3 is 15.4 Å². The Bertz CT molecular complexity index is 552. The first-order chi connectivity index (χ1) is 9.65. The van der Waals surface area contributed by atoms with E-state index in [1.807, 2.05) is 54.6 Å². The van der Waals surface area contributed by atoms with Crippen molar-refractivity contribution < 1.29 is 4.74 Å². The molecule has 0 atom stereocenters. The average Bonchev–Trinajstić information content (AvgIpc) is 2.47. The molecule has 0 radical (unpaired) electrons. The predicted octanol–water partition coefficient (Wildman–Crippen LogP) is 2.59. The lowest BCUT2D eigenvalue weighted by Gasteiger charge is -2.16. The molecule has 0 aliphatic carbocycles. The number of ether oxygens (including phenoxy) is 1. The lowest BCUT2D eigenvalue weighted by Crippen LogP contribution is -2.32. The van der Waals surface area contributed by atoms with E-state index in [4.69, 9.17) is 15.9 Å². The third kappa shape index (κ3) is 4.02. The van der Waals surface area contributed by atoms with Gasteiger partial charge in [0.25, 0.3) is 0 Å². The lowest BCUT2D eigenvalue weighted by atomic mass is 10.1. The van der Waals surface area contributed by atoms with E-state index in [0.717, 1.165) is 16.9 Å². The highest BCUT2D eigenvalue weighted by Gasteiger charge is 2.02. The van der Waals surface area contributed by atoms with Crippen molar-refractivity contribution in [3.8, 4) is 5.75 Å². The highest BCUT2D eigenvalue weighted by atomic mass is 16.5. The van der Waals surface area contributed by atoms with E-state index in [1.54, 1.807) is 11.9 Å². The summed E-state index contributed by atoms with van der Waals surface area (Å²) in [6.45, 7) is 1.18. The van der Waals surface area contributed by atoms with E-state index in [1.165, 1.54) is 0 Å². The molecule has 0 heterocycles. The maximum atomic E-state index is 7.34. The van der Waals surface area contributed by atoms with Crippen LogP contribution in [0.2, 0.25) is 0 Å². The van der Waals surface area contributed by atoms with Crippen molar-refractivity contribution in [2.24, 2.45) is 5.73 Å². The van der Waals surface area contributed by atoms with E-state index in [2.05, 4.69) is 0 Å². The molecule has 4 nitrogen and oxygen atoms in total. The van der Waals surface area contributed by atoms with Crippen molar-refractivity contribution in [2.45, 2.75) is 13.2 Å². The Morgan fingerprint density at radius 1 is 1.05 bits per heavy atom. The highest BCUT2D eigenvalue weighted by molar-refractivity contribution is 5.74. The van der Waals surface area contributed by atoms with Crippen LogP contribution in [0, 0.1) is 5.41 Å². The van der Waals surface area contributed by atoms with Gasteiger partial charge in [0.15, 0.2) is 5.96 Å². The summed E-state index contributed by atoms with van der Waals surface area (Å²) >= 11 is 0. The summed E-state index contributed by atoms with van der Waals surface area (Å²) in [5, 5.41) is 7.34. The second-order valence-corrected chi connectivity index (χ2v) is 4.66. The van der Waals surface area contributed by atoms with Crippen LogP contribution in [-0.2, 0) is 13.2 Å². The Kier molecular flexibility index (Phi) is 4.60. The molecular weight excluding hydrogens is 250 g/mol. The number of guanidine groups is 1. The number of nitrogens with two attached hydrogens (primary N) is 1. The van der Waals surface area contributed by atoms with Crippen LogP contribution < -0.4 is 10.5 Å². The van der Waals surface area contributed by atoms with Gasteiger partial charge in [0.05, 0.1) is 0 Å². The van der Waals surface area contributed by atoms with Crippen LogP contribution in [0.5, 0.6) is 5.75 Å². The third-order valence-electron chi connectivity index (χ3n) is 3.00. The molecule has 0 aliphatic heterocycles. The van der Waals surface area contributed by atoms with Crippen molar-refractivity contribution in [2.75, 3.05) is 7.05 Å². The Hall–Kier alpha value is -2.49. The first-order valence-electron chi connectivity index (χ1n) is 6.46. The number of hydrogen-bond acceptors (Lipinski definition) is 2. The molecule has 2 aromatic carbocycles. The fourth-order valence-corrected chi connectivity index (χ4v) is 1.78. The van der Waals surface area contributed by atoms with Crippen molar-refractivity contribution >= 4 is 5.96 Å². The van der Waals surface area contributed by atoms with Crippen LogP contribution in [0.4, 0.5) is 0 Å². The normalized spacial score (nSPS) is 10.1. The van der Waals surface area contributed by atoms with Gasteiger partial charge in [-0.3, -0.25) is 5.41 Å². The molecule has 0 spiro atoms. The zero-order valence-corrected chi connectivity index (χ0v) is 11.5. The summed E-state index contributed by atoms with van der Waals surface area (Å²) in [4.78, 5) is 1.69. The summed E-state index contributed by atoms with van der Waals surface area (Å²) < 4.78 is 5.69. The Labute approximate surface area is 119 Å². The molecule has 0 aromatic heterocycles. The molecule has 0 saturated carbocycles. The topological polar surface area (TPSA) is 62.3 Å². The van der Waals surface area contributed by atoms with E-state index in [9.17, 15) is 0 Å². The van der Waals surface area contributed by atoms with Crippen molar-refractivity contribution in [1.29, 1.82) is 5.41 Å². The van der Waals surface area contributed by atoms with Gasteiger partial charge in [0.1, 0.15) is 12.4 Å². The van der Waals surface area contributed by atoms with Gasteiger partial charge >= 0.3 is 0 Å². The van der Waals surface area contributed by atoms with Crippen LogP contribution in [0.25, 0.3) is 0 Å². The fourth-order valence-electron chi connectivity index (χ4n) is 1.78. The van der Waals surface area contributed by atoms with Crippen LogP contribution in [0.15, 0.2) is 54.6 Å². The molecule has 0 unspecified atom stereocenters. The summed E-state index contributed by atoms with van der Waals surface area (Å²) in [6, 6.07) is 17.9. The van der Waals surface area contributed by atoms with E-state index < -0.39 is 0 Å². The molecule has 0 saturated heterocycles. The third-order valence-corrected chi connectivity index (χ3v) is 3.00. The highest BCUT2D eigenvalue weighted by Crippen LogP contribution is 2.12. The molecule has 2 rings (SSSR count). The van der Waals surface area contributed by atoms with Crippen LogP contribution in [0.3, 0.4) is 0 Å². The average molecular weight is 269 g/mol. The second kappa shape index (κ2) is 6.61. The Morgan fingerprint density at radius 3 is 2.25 bits per heavy atom. The van der Waals surface area contributed by atoms with Gasteiger partial charge in [0.2, 0.25) is 0 Å². The molecule has 104 valence electrons. The maximum Gasteiger partial charge on any atom is 0.188 e. The van der Waals surface area contributed by atoms with Gasteiger partial charge in [-0.05, 0) is 23.3 Å². The summed E-state index contributed by atoms with van der Waals surface area (Å²) in [7, 11) is 1.80. The first kappa shape index (κ1) is 13.9. The second-order valence-electron chi connectivity index (χ2n) is 4.66. The fraction of sp³-hybridized carbons (Fsp3) is 0.188. The van der Waals surface area contributed by atoms with Crippen molar-refractivity contribution in [3.63, 3.8) is 0 Å². The smallest absolute Gasteiger partial charge is 0.188 e. The van der Waals surface area contributed by atoms with Gasteiger partial charge in [-0.2, -0.15) is 0 Å². The summed E-state index contributed by atoms with van der Waals surface area (Å²) in [6.07, 6.45) is 0. The summed E-state index contributed by atoms with van der Waals surface area (Å²) in [5.74, 6) is 0.939. The largest absolute Gasteiger partial charge is 0.489 e. The van der Waals surface area contributed by atoms with E-state index in [-0.39, 0.29) is 5.96 Å². The van der Waals surface area contributed by atoms with Crippen LogP contribution in [-0.4, -0.2) is 17.9 Å². The standard InChI is InChI=1S/C16H19N3O/c1-19(16(17)18)11-13-7-9-14(10-8-13)12-20-15-5-3-2-4-6-15/h2-10H,11-12H2,1H3,(H3,17,18). The monoisotopic (exact) mass is 269 g/mol. The van der Waals surface area contributed by atoms with E-state index >= 15 is 0 Å². The van der Waals surface area contributed by atoms with Crippen molar-refractivity contribution in [1.82, 2.24) is 4.90 Å². The van der Waals surface area contributed by atoms with Crippen LogP contribution >= 0.6 is 0 Å². The first-order valence-corrected chi connectivity index (χ1v) is 6.46. The molecule has 2 aromatic rings. The van der Waals surface area contributed by atoms with Gasteiger partial charge in [0, 0.05) is 13.6 Å². The van der Waals surface area contributed by atoms with Gasteiger partial charge in [-0.15, -0.1) is 0 Å². The van der Waals surface area contributed by atoms with Gasteiger partial charge in [-0.25, -0.2) is 0 Å². The number of nitrogens with one attached hydrogen (secondary N) is 1. The minimum absolute atomic E-state index is 0.0708. The number of hydrogen-bond donors (Lipinski definition) is 2. The number of para-hydroxylation sites is 1. The SMILES string of the molecule is CN(Cc1ccc(COc2ccccc2)cc1)C(=N)N. The molecule has 0 bridgehead atoms. The molecule has 20 heavy (non-hydrogen) atoms. The molecule has 0 fully saturated rings. The molecule has 0 aliphatic rings. The minimum atomic E-state index is 0.0708. The van der Waals surface area contributed by atoms with Crippen molar-refractivity contribution in [3.05, 3.63) is 65.7 Å². The lowest BCUT2D eigenvalue weighted by molar-refractivity contribution is 0.306. The quantitative estimate of drug-likeness (QED) is 0.648. The van der Waals surface area contributed by atoms with E-state index in [0.29, 0.717) is 13.2 Å². The number of nitrogens with zero attached hydrogens (tertiary/aromatic N) is 1. The number of rotatable bonds is 5. The predicted molar refractivity (Wildman–Crippen MR) is 80.6 cm³/mol. The maximum absolute atomic E-state index is 7.34. The molecule has 0 amide bonds. The Balaban J connectivity index is 1.90.